The van der Waals surface area contributed by atoms with Crippen molar-refractivity contribution in [3.63, 3.8) is 0 Å². The van der Waals surface area contributed by atoms with Crippen LogP contribution in [0.25, 0.3) is 10.6 Å². The number of carbonyl (C=O) groups is 1. The molecule has 0 saturated heterocycles. The van der Waals surface area contributed by atoms with Crippen LogP contribution in [0, 0.1) is 13.8 Å². The summed E-state index contributed by atoms with van der Waals surface area (Å²) in [6.07, 6.45) is 0. The molecule has 0 bridgehead atoms. The van der Waals surface area contributed by atoms with Gasteiger partial charge in [-0.15, -0.1) is 11.3 Å². The predicted octanol–water partition coefficient (Wildman–Crippen LogP) is 2.42. The van der Waals surface area contributed by atoms with E-state index in [1.54, 1.807) is 30.3 Å². The summed E-state index contributed by atoms with van der Waals surface area (Å²) in [4.78, 5) is 29.8. The van der Waals surface area contributed by atoms with Crippen molar-refractivity contribution >= 4 is 17.2 Å². The van der Waals surface area contributed by atoms with E-state index in [0.717, 1.165) is 15.6 Å². The molecule has 0 radical (unpaired) electrons. The highest BCUT2D eigenvalue weighted by molar-refractivity contribution is 7.15. The molecule has 2 heterocycles. The first kappa shape index (κ1) is 18.8. The fourth-order valence-electron chi connectivity index (χ4n) is 2.70. The van der Waals surface area contributed by atoms with Gasteiger partial charge in [-0.3, -0.25) is 9.59 Å². The normalized spacial score (nSPS) is 10.6. The molecule has 3 aromatic rings. The number of thiazole rings is 1. The Labute approximate surface area is 160 Å². The lowest BCUT2D eigenvalue weighted by Crippen LogP contribution is -2.32. The Morgan fingerprint density at radius 1 is 1.22 bits per heavy atom. The minimum atomic E-state index is -0.259. The zero-order valence-electron chi connectivity index (χ0n) is 15.4. The number of ether oxygens (including phenoxy) is 1. The molecule has 0 unspecified atom stereocenters. The zero-order chi connectivity index (χ0) is 19.4. The molecule has 1 N–H and O–H groups in total. The van der Waals surface area contributed by atoms with Crippen molar-refractivity contribution in [3.8, 4) is 16.3 Å². The lowest BCUT2D eigenvalue weighted by molar-refractivity contribution is 0.0948. The number of amides is 1. The minimum absolute atomic E-state index is 0.218. The van der Waals surface area contributed by atoms with Crippen LogP contribution < -0.4 is 15.6 Å². The van der Waals surface area contributed by atoms with Crippen LogP contribution in [-0.2, 0) is 6.54 Å². The molecule has 140 valence electrons. The summed E-state index contributed by atoms with van der Waals surface area (Å²) in [5.41, 5.74) is 1.82. The van der Waals surface area contributed by atoms with Gasteiger partial charge in [-0.2, -0.15) is 5.10 Å². The van der Waals surface area contributed by atoms with E-state index in [4.69, 9.17) is 4.74 Å². The number of nitrogens with one attached hydrogen (secondary N) is 1. The number of rotatable bonds is 6. The van der Waals surface area contributed by atoms with Gasteiger partial charge in [-0.25, -0.2) is 9.67 Å². The van der Waals surface area contributed by atoms with Gasteiger partial charge in [0.2, 0.25) is 0 Å². The number of aryl methyl sites for hydroxylation is 2. The number of hydrogen-bond donors (Lipinski definition) is 1. The lowest BCUT2D eigenvalue weighted by atomic mass is 10.2. The van der Waals surface area contributed by atoms with E-state index in [-0.39, 0.29) is 24.6 Å². The third-order valence-corrected chi connectivity index (χ3v) is 5.06. The number of benzene rings is 1. The second kappa shape index (κ2) is 8.13. The van der Waals surface area contributed by atoms with Crippen LogP contribution in [0.4, 0.5) is 0 Å². The Kier molecular flexibility index (Phi) is 5.66. The zero-order valence-corrected chi connectivity index (χ0v) is 16.2. The summed E-state index contributed by atoms with van der Waals surface area (Å²) in [7, 11) is 1.52. The van der Waals surface area contributed by atoms with Gasteiger partial charge in [0.05, 0.1) is 34.8 Å². The number of para-hydroxylation sites is 1. The summed E-state index contributed by atoms with van der Waals surface area (Å²) < 4.78 is 6.55. The predicted molar refractivity (Wildman–Crippen MR) is 104 cm³/mol. The molecule has 0 aliphatic carbocycles. The van der Waals surface area contributed by atoms with Gasteiger partial charge in [-0.1, -0.05) is 12.1 Å². The lowest BCUT2D eigenvalue weighted by Gasteiger charge is -2.10. The first-order chi connectivity index (χ1) is 13.0. The quantitative estimate of drug-likeness (QED) is 0.705. The van der Waals surface area contributed by atoms with Crippen molar-refractivity contribution < 1.29 is 9.53 Å². The van der Waals surface area contributed by atoms with E-state index in [0.29, 0.717) is 17.0 Å². The second-order valence-electron chi connectivity index (χ2n) is 5.88. The first-order valence-electron chi connectivity index (χ1n) is 8.43. The van der Waals surface area contributed by atoms with E-state index in [9.17, 15) is 9.59 Å². The Bertz CT molecular complexity index is 1030. The number of aromatic nitrogens is 3. The number of nitrogens with zero attached hydrogens (tertiary/aromatic N) is 3. The molecule has 8 heteroatoms. The molecular weight excluding hydrogens is 364 g/mol. The Balaban J connectivity index is 1.71. The van der Waals surface area contributed by atoms with Crippen molar-refractivity contribution in [2.45, 2.75) is 20.4 Å². The monoisotopic (exact) mass is 384 g/mol. The average molecular weight is 384 g/mol. The van der Waals surface area contributed by atoms with Crippen molar-refractivity contribution in [1.82, 2.24) is 20.1 Å². The minimum Gasteiger partial charge on any atom is -0.496 e. The third kappa shape index (κ3) is 4.22. The standard InChI is InChI=1S/C19H20N4O3S/c1-12-18(27-13(2)21-12)15-8-9-17(24)23(22-15)11-10-20-19(25)14-6-4-5-7-16(14)26-3/h4-9H,10-11H2,1-3H3,(H,20,25). The summed E-state index contributed by atoms with van der Waals surface area (Å²) in [5, 5.41) is 8.16. The van der Waals surface area contributed by atoms with Gasteiger partial charge >= 0.3 is 0 Å². The molecule has 0 atom stereocenters. The Hall–Kier alpha value is -3.00. The van der Waals surface area contributed by atoms with E-state index in [1.165, 1.54) is 29.2 Å². The van der Waals surface area contributed by atoms with Crippen molar-refractivity contribution in [2.24, 2.45) is 0 Å². The first-order valence-corrected chi connectivity index (χ1v) is 9.25. The molecule has 27 heavy (non-hydrogen) atoms. The second-order valence-corrected chi connectivity index (χ2v) is 7.09. The smallest absolute Gasteiger partial charge is 0.266 e. The van der Waals surface area contributed by atoms with Gasteiger partial charge in [0.1, 0.15) is 11.4 Å². The highest BCUT2D eigenvalue weighted by atomic mass is 32.1. The summed E-state index contributed by atoms with van der Waals surface area (Å²) in [5.74, 6) is 0.244. The van der Waals surface area contributed by atoms with Gasteiger partial charge < -0.3 is 10.1 Å². The van der Waals surface area contributed by atoms with Crippen LogP contribution in [-0.4, -0.2) is 34.3 Å². The van der Waals surface area contributed by atoms with Crippen LogP contribution >= 0.6 is 11.3 Å². The fraction of sp³-hybridized carbons (Fsp3) is 0.263. The van der Waals surface area contributed by atoms with Gasteiger partial charge in [0.15, 0.2) is 0 Å². The molecule has 2 aromatic heterocycles. The highest BCUT2D eigenvalue weighted by Gasteiger charge is 2.12. The van der Waals surface area contributed by atoms with E-state index in [2.05, 4.69) is 15.4 Å². The molecule has 0 aliphatic rings. The molecule has 0 fully saturated rings. The van der Waals surface area contributed by atoms with Crippen molar-refractivity contribution in [2.75, 3.05) is 13.7 Å². The maximum Gasteiger partial charge on any atom is 0.266 e. The Morgan fingerprint density at radius 2 is 2.00 bits per heavy atom. The average Bonchev–Trinajstić information content (AvgIpc) is 3.01. The van der Waals surface area contributed by atoms with Crippen LogP contribution in [0.2, 0.25) is 0 Å². The number of carbonyl (C=O) groups excluding carboxylic acids is 1. The van der Waals surface area contributed by atoms with Gasteiger partial charge in [0, 0.05) is 12.6 Å². The van der Waals surface area contributed by atoms with E-state index < -0.39 is 0 Å². The van der Waals surface area contributed by atoms with Crippen LogP contribution in [0.1, 0.15) is 21.1 Å². The molecule has 3 rings (SSSR count). The third-order valence-electron chi connectivity index (χ3n) is 3.96. The summed E-state index contributed by atoms with van der Waals surface area (Å²) >= 11 is 1.54. The van der Waals surface area contributed by atoms with Gasteiger partial charge in [-0.05, 0) is 32.0 Å². The maximum absolute atomic E-state index is 12.3. The maximum atomic E-state index is 12.3. The number of hydrogen-bond acceptors (Lipinski definition) is 6. The fourth-order valence-corrected chi connectivity index (χ4v) is 3.59. The van der Waals surface area contributed by atoms with Crippen molar-refractivity contribution in [3.05, 3.63) is 63.0 Å². The van der Waals surface area contributed by atoms with E-state index >= 15 is 0 Å². The molecule has 1 amide bonds. The van der Waals surface area contributed by atoms with Crippen LogP contribution in [0.5, 0.6) is 5.75 Å². The van der Waals surface area contributed by atoms with Crippen LogP contribution in [0.3, 0.4) is 0 Å². The topological polar surface area (TPSA) is 86.1 Å². The molecule has 0 aliphatic heterocycles. The molecule has 1 aromatic carbocycles. The van der Waals surface area contributed by atoms with Gasteiger partial charge in [0.25, 0.3) is 11.5 Å². The van der Waals surface area contributed by atoms with E-state index in [1.807, 2.05) is 13.8 Å². The van der Waals surface area contributed by atoms with Crippen LogP contribution in [0.15, 0.2) is 41.2 Å². The molecule has 7 nitrogen and oxygen atoms in total. The van der Waals surface area contributed by atoms with Crippen molar-refractivity contribution in [1.29, 1.82) is 0 Å². The molecule has 0 saturated carbocycles. The SMILES string of the molecule is COc1ccccc1C(=O)NCCn1nc(-c2sc(C)nc2C)ccc1=O. The summed E-state index contributed by atoms with van der Waals surface area (Å²) in [6.45, 7) is 4.40. The largest absolute Gasteiger partial charge is 0.496 e. The highest BCUT2D eigenvalue weighted by Crippen LogP contribution is 2.27. The summed E-state index contributed by atoms with van der Waals surface area (Å²) in [6, 6.07) is 10.2. The number of methoxy groups -OCH3 is 1. The Morgan fingerprint density at radius 3 is 2.70 bits per heavy atom. The molecule has 0 spiro atoms. The molecular formula is C19H20N4O3S.